The van der Waals surface area contributed by atoms with Gasteiger partial charge in [-0.2, -0.15) is 0 Å². The maximum atomic E-state index is 2.38. The van der Waals surface area contributed by atoms with Crippen molar-refractivity contribution in [3.63, 3.8) is 0 Å². The molecule has 0 bridgehead atoms. The zero-order chi connectivity index (χ0) is 27.9. The second-order valence-electron chi connectivity index (χ2n) is 10.6. The number of nitrogens with zero attached hydrogens (tertiary/aromatic N) is 1. The predicted molar refractivity (Wildman–Crippen MR) is 181 cm³/mol. The van der Waals surface area contributed by atoms with Gasteiger partial charge in [-0.1, -0.05) is 24.3 Å². The minimum atomic E-state index is 0.323. The van der Waals surface area contributed by atoms with E-state index in [1.807, 2.05) is 0 Å². The molecule has 2 heteroatoms. The second kappa shape index (κ2) is 10.5. The Bertz CT molecular complexity index is 2180. The molecule has 0 amide bonds. The Balaban J connectivity index is 1.28. The summed E-state index contributed by atoms with van der Waals surface area (Å²) in [4.78, 5) is 2.38. The molecule has 7 aromatic carbocycles. The van der Waals surface area contributed by atoms with Gasteiger partial charge < -0.3 is 0 Å². The minimum absolute atomic E-state index is 0.323. The van der Waals surface area contributed by atoms with Crippen molar-refractivity contribution in [1.82, 2.24) is 0 Å². The second-order valence-corrected chi connectivity index (χ2v) is 12.8. The van der Waals surface area contributed by atoms with E-state index in [9.17, 15) is 0 Å². The molecule has 0 spiro atoms. The Morgan fingerprint density at radius 2 is 0.952 bits per heavy atom. The van der Waals surface area contributed by atoms with Gasteiger partial charge in [0.25, 0.3) is 0 Å². The van der Waals surface area contributed by atoms with Crippen LogP contribution in [-0.2, 0) is 0 Å². The fourth-order valence-electron chi connectivity index (χ4n) is 5.97. The molecule has 0 saturated carbocycles. The molecular formula is C40H27NSe. The normalized spacial score (nSPS) is 11.3. The first-order valence-electron chi connectivity index (χ1n) is 14.3. The molecule has 0 aliphatic carbocycles. The molecular weight excluding hydrogens is 573 g/mol. The third kappa shape index (κ3) is 4.43. The van der Waals surface area contributed by atoms with E-state index in [4.69, 9.17) is 0 Å². The van der Waals surface area contributed by atoms with Crippen molar-refractivity contribution in [2.45, 2.75) is 0 Å². The fourth-order valence-corrected chi connectivity index (χ4v) is 8.57. The van der Waals surface area contributed by atoms with Crippen molar-refractivity contribution >= 4 is 61.6 Å². The quantitative estimate of drug-likeness (QED) is 0.178. The van der Waals surface area contributed by atoms with Crippen molar-refractivity contribution in [2.24, 2.45) is 0 Å². The molecule has 0 aliphatic heterocycles. The molecule has 1 aromatic heterocycles. The Labute approximate surface area is 251 Å². The van der Waals surface area contributed by atoms with Crippen LogP contribution < -0.4 is 4.90 Å². The van der Waals surface area contributed by atoms with E-state index < -0.39 is 0 Å². The molecule has 0 saturated heterocycles. The standard InChI is InChI=1S/C40H27NSe/c1-3-10-28(11-4-1)30-18-21-33(22-19-30)41(34-15-9-14-31(26-34)29-12-5-2-6-13-29)35-23-25-36-32(27-35)20-24-38-37-16-7-8-17-39(37)42-40(36)38/h1-27H. The summed E-state index contributed by atoms with van der Waals surface area (Å²) in [5.41, 5.74) is 8.30. The molecule has 0 aliphatic rings. The molecule has 198 valence electrons. The average molecular weight is 601 g/mol. The van der Waals surface area contributed by atoms with Gasteiger partial charge in [-0.15, -0.1) is 0 Å². The molecule has 0 fully saturated rings. The van der Waals surface area contributed by atoms with E-state index in [1.165, 1.54) is 52.3 Å². The van der Waals surface area contributed by atoms with Crippen molar-refractivity contribution in [1.29, 1.82) is 0 Å². The number of fused-ring (bicyclic) bond motifs is 5. The minimum Gasteiger partial charge on any atom is -0.0617 e. The number of benzene rings is 7. The van der Waals surface area contributed by atoms with E-state index in [0.717, 1.165) is 17.1 Å². The van der Waals surface area contributed by atoms with E-state index in [0.29, 0.717) is 14.5 Å². The third-order valence-electron chi connectivity index (χ3n) is 8.05. The van der Waals surface area contributed by atoms with Gasteiger partial charge in [0.05, 0.1) is 0 Å². The van der Waals surface area contributed by atoms with Crippen LogP contribution in [0.3, 0.4) is 0 Å². The Morgan fingerprint density at radius 1 is 0.357 bits per heavy atom. The van der Waals surface area contributed by atoms with Crippen LogP contribution in [0, 0.1) is 0 Å². The summed E-state index contributed by atoms with van der Waals surface area (Å²) in [6.07, 6.45) is 0. The molecule has 0 atom stereocenters. The monoisotopic (exact) mass is 601 g/mol. The van der Waals surface area contributed by atoms with Crippen LogP contribution in [0.4, 0.5) is 17.1 Å². The van der Waals surface area contributed by atoms with Crippen LogP contribution in [-0.4, -0.2) is 14.5 Å². The average Bonchev–Trinajstić information content (AvgIpc) is 3.45. The van der Waals surface area contributed by atoms with Gasteiger partial charge in [0.15, 0.2) is 0 Å². The number of rotatable bonds is 5. The number of anilines is 3. The first kappa shape index (κ1) is 24.9. The summed E-state index contributed by atoms with van der Waals surface area (Å²) in [5.74, 6) is 0. The molecule has 42 heavy (non-hydrogen) atoms. The number of hydrogen-bond acceptors (Lipinski definition) is 1. The Kier molecular flexibility index (Phi) is 6.22. The SMILES string of the molecule is c1ccc(-c2ccc(N(c3cccc(-c4ccccc4)c3)c3ccc4c(ccc5c6ccccc6[se]c45)c3)cc2)cc1. The van der Waals surface area contributed by atoms with Gasteiger partial charge in [-0.25, -0.2) is 0 Å². The van der Waals surface area contributed by atoms with Gasteiger partial charge in [0.2, 0.25) is 0 Å². The van der Waals surface area contributed by atoms with Gasteiger partial charge in [0.1, 0.15) is 0 Å². The summed E-state index contributed by atoms with van der Waals surface area (Å²) >= 11 is 0.323. The molecule has 0 unspecified atom stereocenters. The van der Waals surface area contributed by atoms with Crippen LogP contribution in [0.15, 0.2) is 164 Å². The number of hydrogen-bond donors (Lipinski definition) is 0. The molecule has 8 rings (SSSR count). The van der Waals surface area contributed by atoms with Crippen LogP contribution in [0.5, 0.6) is 0 Å². The van der Waals surface area contributed by atoms with Crippen molar-refractivity contribution < 1.29 is 0 Å². The summed E-state index contributed by atoms with van der Waals surface area (Å²) in [7, 11) is 0. The molecule has 0 radical (unpaired) electrons. The summed E-state index contributed by atoms with van der Waals surface area (Å²) in [6, 6.07) is 59.5. The molecule has 1 heterocycles. The summed E-state index contributed by atoms with van der Waals surface area (Å²) < 4.78 is 2.98. The van der Waals surface area contributed by atoms with Gasteiger partial charge in [0, 0.05) is 0 Å². The first-order chi connectivity index (χ1) is 20.8. The van der Waals surface area contributed by atoms with E-state index in [1.54, 1.807) is 0 Å². The smallest absolute Gasteiger partial charge is 0.0617 e. The summed E-state index contributed by atoms with van der Waals surface area (Å²) in [5, 5.41) is 5.45. The van der Waals surface area contributed by atoms with Crippen LogP contribution in [0.25, 0.3) is 52.3 Å². The van der Waals surface area contributed by atoms with Crippen molar-refractivity contribution in [3.8, 4) is 22.3 Å². The van der Waals surface area contributed by atoms with E-state index >= 15 is 0 Å². The molecule has 8 aromatic rings. The third-order valence-corrected chi connectivity index (χ3v) is 10.6. The first-order valence-corrected chi connectivity index (χ1v) is 16.0. The van der Waals surface area contributed by atoms with Crippen molar-refractivity contribution in [2.75, 3.05) is 4.90 Å². The predicted octanol–water partition coefficient (Wildman–Crippen LogP) is 11.0. The van der Waals surface area contributed by atoms with Gasteiger partial charge in [-0.3, -0.25) is 0 Å². The topological polar surface area (TPSA) is 3.24 Å². The Morgan fingerprint density at radius 3 is 1.74 bits per heavy atom. The van der Waals surface area contributed by atoms with Crippen LogP contribution in [0.2, 0.25) is 0 Å². The van der Waals surface area contributed by atoms with Gasteiger partial charge in [-0.05, 0) is 0 Å². The van der Waals surface area contributed by atoms with Crippen LogP contribution >= 0.6 is 0 Å². The maximum absolute atomic E-state index is 2.38. The van der Waals surface area contributed by atoms with Crippen LogP contribution in [0.1, 0.15) is 0 Å². The van der Waals surface area contributed by atoms with Crippen molar-refractivity contribution in [3.05, 3.63) is 164 Å². The van der Waals surface area contributed by atoms with Gasteiger partial charge >= 0.3 is 228 Å². The summed E-state index contributed by atoms with van der Waals surface area (Å²) in [6.45, 7) is 0. The fraction of sp³-hybridized carbons (Fsp3) is 0. The molecule has 1 nitrogen and oxygen atoms in total. The zero-order valence-corrected chi connectivity index (χ0v) is 24.7. The van der Waals surface area contributed by atoms with E-state index in [2.05, 4.69) is 169 Å². The van der Waals surface area contributed by atoms with E-state index in [-0.39, 0.29) is 0 Å². The Hall–Kier alpha value is -4.88. The zero-order valence-electron chi connectivity index (χ0n) is 22.9. The molecule has 0 N–H and O–H groups in total.